The number of carbonyl (C=O) groups is 2. The number of nitrogens with zero attached hydrogens (tertiary/aromatic N) is 1. The Bertz CT molecular complexity index is 526. The number of amides is 1. The third-order valence-electron chi connectivity index (χ3n) is 6.30. The lowest BCUT2D eigenvalue weighted by atomic mass is 9.66. The third-order valence-corrected chi connectivity index (χ3v) is 6.52. The van der Waals surface area contributed by atoms with E-state index in [1.807, 2.05) is 0 Å². The molecule has 0 aromatic heterocycles. The molecule has 0 aromatic rings. The van der Waals surface area contributed by atoms with Gasteiger partial charge in [0.25, 0.3) is 0 Å². The first-order valence-electron chi connectivity index (χ1n) is 7.80. The summed E-state index contributed by atoms with van der Waals surface area (Å²) in [6, 6.07) is -0.0197. The lowest BCUT2D eigenvalue weighted by molar-refractivity contribution is -0.244. The Hall–Kier alpha value is -0.810. The van der Waals surface area contributed by atoms with Crippen LogP contribution in [0, 0.1) is 11.8 Å². The monoisotopic (exact) mass is 313 g/mol. The number of fused-ring (bicyclic) bond motifs is 2. The van der Waals surface area contributed by atoms with Crippen LogP contribution in [0.3, 0.4) is 0 Å². The van der Waals surface area contributed by atoms with Crippen molar-refractivity contribution in [3.05, 3.63) is 0 Å². The van der Waals surface area contributed by atoms with Gasteiger partial charge < -0.3 is 14.7 Å². The van der Waals surface area contributed by atoms with Crippen molar-refractivity contribution < 1.29 is 19.4 Å². The van der Waals surface area contributed by atoms with Crippen LogP contribution in [-0.4, -0.2) is 51.0 Å². The molecular formula is C15H20ClNO4. The van der Waals surface area contributed by atoms with Gasteiger partial charge in [0.15, 0.2) is 5.60 Å². The quantitative estimate of drug-likeness (QED) is 0.611. The highest BCUT2D eigenvalue weighted by Crippen LogP contribution is 2.63. The average molecular weight is 314 g/mol. The van der Waals surface area contributed by atoms with Crippen LogP contribution in [-0.2, 0) is 14.3 Å². The molecular weight excluding hydrogens is 294 g/mol. The van der Waals surface area contributed by atoms with Crippen molar-refractivity contribution in [3.63, 3.8) is 0 Å². The first kappa shape index (κ1) is 13.8. The van der Waals surface area contributed by atoms with E-state index in [0.717, 1.165) is 25.7 Å². The molecule has 4 aliphatic rings. The van der Waals surface area contributed by atoms with Crippen LogP contribution in [0.5, 0.6) is 0 Å². The van der Waals surface area contributed by atoms with Crippen molar-refractivity contribution in [2.75, 3.05) is 5.88 Å². The number of aliphatic hydroxyl groups excluding tert-OH is 1. The summed E-state index contributed by atoms with van der Waals surface area (Å²) >= 11 is 5.84. The largest absolute Gasteiger partial charge is 0.453 e. The van der Waals surface area contributed by atoms with Gasteiger partial charge in [-0.05, 0) is 26.2 Å². The first-order valence-corrected chi connectivity index (χ1v) is 8.34. The van der Waals surface area contributed by atoms with Gasteiger partial charge in [-0.25, -0.2) is 4.79 Å². The van der Waals surface area contributed by atoms with Crippen LogP contribution in [0.25, 0.3) is 0 Å². The molecule has 3 heterocycles. The van der Waals surface area contributed by atoms with Gasteiger partial charge in [0.1, 0.15) is 0 Å². The Morgan fingerprint density at radius 2 is 2.10 bits per heavy atom. The van der Waals surface area contributed by atoms with Gasteiger partial charge in [-0.15, -0.1) is 11.6 Å². The number of hydrogen-bond acceptors (Lipinski definition) is 4. The normalized spacial score (nSPS) is 51.1. The van der Waals surface area contributed by atoms with Crippen LogP contribution >= 0.6 is 11.6 Å². The number of hydrogen-bond donors (Lipinski definition) is 1. The Balaban J connectivity index is 1.84. The van der Waals surface area contributed by atoms with Crippen LogP contribution in [0.1, 0.15) is 39.0 Å². The van der Waals surface area contributed by atoms with Crippen molar-refractivity contribution in [1.82, 2.24) is 4.90 Å². The Morgan fingerprint density at radius 3 is 2.76 bits per heavy atom. The summed E-state index contributed by atoms with van der Waals surface area (Å²) < 4.78 is 5.45. The van der Waals surface area contributed by atoms with Crippen LogP contribution < -0.4 is 0 Å². The summed E-state index contributed by atoms with van der Waals surface area (Å²) in [6.07, 6.45) is 3.50. The molecule has 1 N–H and O–H groups in total. The molecule has 0 radical (unpaired) electrons. The summed E-state index contributed by atoms with van der Waals surface area (Å²) in [5.74, 6) is -0.565. The van der Waals surface area contributed by atoms with Crippen molar-refractivity contribution >= 4 is 23.5 Å². The molecule has 3 aliphatic heterocycles. The van der Waals surface area contributed by atoms with E-state index in [0.29, 0.717) is 12.3 Å². The fourth-order valence-corrected chi connectivity index (χ4v) is 5.60. The Kier molecular flexibility index (Phi) is 2.72. The molecule has 4 fully saturated rings. The topological polar surface area (TPSA) is 66.8 Å². The van der Waals surface area contributed by atoms with Crippen molar-refractivity contribution in [2.24, 2.45) is 11.8 Å². The molecule has 1 spiro atoms. The summed E-state index contributed by atoms with van der Waals surface area (Å²) in [5, 5.41) is 10.9. The number of aliphatic hydroxyl groups is 1. The standard InChI is InChI=1S/C15H20ClNO4/c1-14-9(6-7-16)12(19)17-10-5-3-2-4-8(10)11(18)15(14,17)13(20)21-14/h8-11,18H,2-7H2,1H3/t8-,9-,10+,11-,14-,15?/m0/s1. The van der Waals surface area contributed by atoms with Crippen molar-refractivity contribution in [2.45, 2.75) is 62.3 Å². The number of carbonyl (C=O) groups excluding carboxylic acids is 2. The maximum atomic E-state index is 12.9. The highest BCUT2D eigenvalue weighted by Gasteiger charge is 2.86. The van der Waals surface area contributed by atoms with Crippen molar-refractivity contribution in [3.8, 4) is 0 Å². The number of ether oxygens (including phenoxy) is 1. The predicted octanol–water partition coefficient (Wildman–Crippen LogP) is 1.06. The van der Waals surface area contributed by atoms with Crippen LogP contribution in [0.2, 0.25) is 0 Å². The molecule has 116 valence electrons. The van der Waals surface area contributed by atoms with Gasteiger partial charge in [0.05, 0.1) is 12.0 Å². The minimum Gasteiger partial charge on any atom is -0.453 e. The smallest absolute Gasteiger partial charge is 0.339 e. The molecule has 6 heteroatoms. The van der Waals surface area contributed by atoms with Gasteiger partial charge >= 0.3 is 5.97 Å². The average Bonchev–Trinajstić information content (AvgIpc) is 2.83. The highest BCUT2D eigenvalue weighted by atomic mass is 35.5. The van der Waals surface area contributed by atoms with Gasteiger partial charge in [-0.2, -0.15) is 0 Å². The lowest BCUT2D eigenvalue weighted by Gasteiger charge is -2.53. The zero-order chi connectivity index (χ0) is 15.0. The van der Waals surface area contributed by atoms with E-state index < -0.39 is 29.1 Å². The van der Waals surface area contributed by atoms with Gasteiger partial charge in [0, 0.05) is 17.8 Å². The van der Waals surface area contributed by atoms with E-state index in [-0.39, 0.29) is 17.9 Å². The second kappa shape index (κ2) is 4.13. The number of halogens is 1. The molecule has 21 heavy (non-hydrogen) atoms. The molecule has 4 rings (SSSR count). The van der Waals surface area contributed by atoms with Crippen LogP contribution in [0.4, 0.5) is 0 Å². The van der Waals surface area contributed by atoms with E-state index in [2.05, 4.69) is 0 Å². The van der Waals surface area contributed by atoms with Gasteiger partial charge in [0.2, 0.25) is 11.4 Å². The van der Waals surface area contributed by atoms with E-state index in [4.69, 9.17) is 16.3 Å². The molecule has 5 nitrogen and oxygen atoms in total. The zero-order valence-corrected chi connectivity index (χ0v) is 12.8. The molecule has 1 aliphatic carbocycles. The number of alkyl halides is 1. The third kappa shape index (κ3) is 1.26. The van der Waals surface area contributed by atoms with Crippen molar-refractivity contribution in [1.29, 1.82) is 0 Å². The molecule has 1 unspecified atom stereocenters. The minimum atomic E-state index is -1.15. The molecule has 3 saturated heterocycles. The summed E-state index contributed by atoms with van der Waals surface area (Å²) in [5.41, 5.74) is -2.08. The van der Waals surface area contributed by atoms with Crippen LogP contribution in [0.15, 0.2) is 0 Å². The van der Waals surface area contributed by atoms with Gasteiger partial charge in [-0.3, -0.25) is 4.79 Å². The summed E-state index contributed by atoms with van der Waals surface area (Å²) in [7, 11) is 0. The van der Waals surface area contributed by atoms with Gasteiger partial charge in [-0.1, -0.05) is 12.8 Å². The molecule has 6 atom stereocenters. The second-order valence-corrected chi connectivity index (χ2v) is 7.34. The number of esters is 1. The fraction of sp³-hybridized carbons (Fsp3) is 0.867. The molecule has 0 bridgehead atoms. The minimum absolute atomic E-state index is 0.00632. The predicted molar refractivity (Wildman–Crippen MR) is 74.7 cm³/mol. The Labute approximate surface area is 128 Å². The van der Waals surface area contributed by atoms with E-state index in [9.17, 15) is 14.7 Å². The highest BCUT2D eigenvalue weighted by molar-refractivity contribution is 6.18. The maximum absolute atomic E-state index is 12.9. The second-order valence-electron chi connectivity index (χ2n) is 6.96. The summed E-state index contributed by atoms with van der Waals surface area (Å²) in [6.45, 7) is 1.80. The van der Waals surface area contributed by atoms with E-state index in [1.54, 1.807) is 11.8 Å². The Morgan fingerprint density at radius 1 is 1.38 bits per heavy atom. The maximum Gasteiger partial charge on any atom is 0.339 e. The fourth-order valence-electron chi connectivity index (χ4n) is 5.38. The first-order chi connectivity index (χ1) is 10.00. The zero-order valence-electron chi connectivity index (χ0n) is 12.0. The SMILES string of the molecule is C[C@@]12OC(=O)C13[C@@H](O)[C@H]1CCCC[C@H]1N3C(=O)[C@@H]2CCCl. The number of rotatable bonds is 2. The lowest BCUT2D eigenvalue weighted by Crippen LogP contribution is -2.77. The summed E-state index contributed by atoms with van der Waals surface area (Å²) in [4.78, 5) is 27.0. The molecule has 1 saturated carbocycles. The molecule has 1 amide bonds. The molecule has 0 aromatic carbocycles. The van der Waals surface area contributed by atoms with E-state index >= 15 is 0 Å². The van der Waals surface area contributed by atoms with E-state index in [1.165, 1.54) is 0 Å².